The molecule has 3 aromatic rings. The summed E-state index contributed by atoms with van der Waals surface area (Å²) in [5.41, 5.74) is -0.0512. The van der Waals surface area contributed by atoms with Crippen LogP contribution in [0.2, 0.25) is 0 Å². The first kappa shape index (κ1) is 25.4. The van der Waals surface area contributed by atoms with Crippen LogP contribution >= 0.6 is 0 Å². The Kier molecular flexibility index (Phi) is 7.18. The van der Waals surface area contributed by atoms with Crippen molar-refractivity contribution in [1.29, 1.82) is 0 Å². The summed E-state index contributed by atoms with van der Waals surface area (Å²) >= 11 is 0. The summed E-state index contributed by atoms with van der Waals surface area (Å²) in [6.45, 7) is 2.98. The summed E-state index contributed by atoms with van der Waals surface area (Å²) < 4.78 is 79.6. The van der Waals surface area contributed by atoms with Crippen LogP contribution in [0.25, 0.3) is 5.69 Å². The fourth-order valence-corrected chi connectivity index (χ4v) is 4.40. The van der Waals surface area contributed by atoms with Gasteiger partial charge in [-0.2, -0.15) is 0 Å². The van der Waals surface area contributed by atoms with Gasteiger partial charge in [-0.05, 0) is 56.3 Å². The van der Waals surface area contributed by atoms with Gasteiger partial charge >= 0.3 is 0 Å². The molecule has 1 heterocycles. The molecule has 0 aliphatic rings. The van der Waals surface area contributed by atoms with Gasteiger partial charge in [0.05, 0.1) is 17.4 Å². The van der Waals surface area contributed by atoms with E-state index in [0.717, 1.165) is 30.5 Å². The van der Waals surface area contributed by atoms with Gasteiger partial charge in [-0.25, -0.2) is 26.0 Å². The van der Waals surface area contributed by atoms with Gasteiger partial charge in [-0.1, -0.05) is 0 Å². The largest absolute Gasteiger partial charge is 0.393 e. The monoisotopic (exact) mass is 498 g/mol. The van der Waals surface area contributed by atoms with Crippen molar-refractivity contribution in [2.24, 2.45) is 0 Å². The van der Waals surface area contributed by atoms with Crippen LogP contribution in [0, 0.1) is 18.6 Å². The number of anilines is 1. The van der Waals surface area contributed by atoms with E-state index in [9.17, 15) is 35.9 Å². The molecule has 1 amide bonds. The second kappa shape index (κ2) is 9.59. The lowest BCUT2D eigenvalue weighted by molar-refractivity contribution is 0.102. The Labute approximate surface area is 193 Å². The molecule has 34 heavy (non-hydrogen) atoms. The van der Waals surface area contributed by atoms with Gasteiger partial charge in [0.15, 0.2) is 9.84 Å². The van der Waals surface area contributed by atoms with Gasteiger partial charge in [0.25, 0.3) is 12.3 Å². The number of hydrogen-bond donors (Lipinski definition) is 2. The molecule has 0 aliphatic carbocycles. The highest BCUT2D eigenvalue weighted by Gasteiger charge is 2.24. The predicted molar refractivity (Wildman–Crippen MR) is 118 cm³/mol. The van der Waals surface area contributed by atoms with Crippen molar-refractivity contribution < 1.29 is 35.9 Å². The van der Waals surface area contributed by atoms with E-state index in [2.05, 4.69) is 5.32 Å². The molecule has 6 nitrogen and oxygen atoms in total. The number of nitrogens with zero attached hydrogens (tertiary/aromatic N) is 1. The third-order valence-electron chi connectivity index (χ3n) is 5.13. The normalized spacial score (nSPS) is 12.7. The minimum Gasteiger partial charge on any atom is -0.393 e. The first-order chi connectivity index (χ1) is 15.8. The molecule has 0 radical (unpaired) electrons. The molecule has 1 aromatic heterocycles. The summed E-state index contributed by atoms with van der Waals surface area (Å²) in [5, 5.41) is 12.3. The summed E-state index contributed by atoms with van der Waals surface area (Å²) in [5.74, 6) is -2.61. The van der Waals surface area contributed by atoms with E-state index >= 15 is 0 Å². The topological polar surface area (TPSA) is 88.4 Å². The Hall–Kier alpha value is -3.18. The van der Waals surface area contributed by atoms with Crippen LogP contribution in [-0.4, -0.2) is 36.4 Å². The molecule has 0 fully saturated rings. The summed E-state index contributed by atoms with van der Waals surface area (Å²) in [6, 6.07) is 7.37. The number of alkyl halides is 2. The first-order valence-corrected chi connectivity index (χ1v) is 12.0. The Bertz CT molecular complexity index is 1350. The molecule has 0 spiro atoms. The predicted octanol–water partition coefficient (Wildman–Crippen LogP) is 4.58. The highest BCUT2D eigenvalue weighted by molar-refractivity contribution is 7.90. The van der Waals surface area contributed by atoms with E-state index in [1.54, 1.807) is 0 Å². The molecule has 2 N–H and O–H groups in total. The van der Waals surface area contributed by atoms with Gasteiger partial charge in [-0.3, -0.25) is 4.79 Å². The van der Waals surface area contributed by atoms with Gasteiger partial charge in [0, 0.05) is 35.3 Å². The minimum absolute atomic E-state index is 0.00581. The van der Waals surface area contributed by atoms with E-state index in [-0.39, 0.29) is 29.1 Å². The lowest BCUT2D eigenvalue weighted by atomic mass is 10.1. The average Bonchev–Trinajstić information content (AvgIpc) is 3.02. The van der Waals surface area contributed by atoms with E-state index in [4.69, 9.17) is 0 Å². The zero-order valence-electron chi connectivity index (χ0n) is 18.4. The smallest absolute Gasteiger partial charge is 0.265 e. The zero-order chi connectivity index (χ0) is 25.4. The van der Waals surface area contributed by atoms with Crippen LogP contribution in [0.5, 0.6) is 0 Å². The number of benzene rings is 2. The van der Waals surface area contributed by atoms with E-state index in [1.165, 1.54) is 30.5 Å². The van der Waals surface area contributed by atoms with Crippen molar-refractivity contribution in [3.05, 3.63) is 76.6 Å². The number of hydrogen-bond acceptors (Lipinski definition) is 4. The Morgan fingerprint density at radius 1 is 1.12 bits per heavy atom. The molecular weight excluding hydrogens is 476 g/mol. The molecule has 0 aliphatic heterocycles. The third kappa shape index (κ3) is 5.31. The molecule has 2 aromatic carbocycles. The van der Waals surface area contributed by atoms with Gasteiger partial charge < -0.3 is 15.0 Å². The minimum atomic E-state index is -3.80. The number of aromatic nitrogens is 1. The van der Waals surface area contributed by atoms with Crippen LogP contribution in [0.4, 0.5) is 23.2 Å². The van der Waals surface area contributed by atoms with Gasteiger partial charge in [0.1, 0.15) is 16.5 Å². The highest BCUT2D eigenvalue weighted by atomic mass is 32.2. The Balaban J connectivity index is 2.07. The quantitative estimate of drug-likeness (QED) is 0.467. The summed E-state index contributed by atoms with van der Waals surface area (Å²) in [7, 11) is -3.80. The summed E-state index contributed by atoms with van der Waals surface area (Å²) in [4.78, 5) is 12.4. The molecule has 0 bridgehead atoms. The Morgan fingerprint density at radius 2 is 1.79 bits per heavy atom. The van der Waals surface area contributed by atoms with Gasteiger partial charge in [0.2, 0.25) is 0 Å². The number of amides is 1. The van der Waals surface area contributed by atoms with Crippen LogP contribution < -0.4 is 5.32 Å². The molecule has 0 unspecified atom stereocenters. The summed E-state index contributed by atoms with van der Waals surface area (Å²) in [6.07, 6.45) is -3.02. The van der Waals surface area contributed by atoms with Crippen LogP contribution in [0.15, 0.2) is 47.4 Å². The SMILES string of the molecule is Cc1c(C(=O)Nc2ccc(S(C)(=O)=O)c(F)c2)cc(C[C@H](C)O)n1-c1ccc(F)cc1C(F)F. The fraction of sp³-hybridized carbons (Fsp3) is 0.261. The number of aliphatic hydroxyl groups excluding tert-OH is 1. The number of nitrogens with one attached hydrogen (secondary N) is 1. The van der Waals surface area contributed by atoms with Crippen LogP contribution in [-0.2, 0) is 16.3 Å². The molecule has 1 atom stereocenters. The van der Waals surface area contributed by atoms with Crippen molar-refractivity contribution in [3.63, 3.8) is 0 Å². The maximum atomic E-state index is 14.2. The second-order valence-electron chi connectivity index (χ2n) is 7.90. The average molecular weight is 498 g/mol. The van der Waals surface area contributed by atoms with E-state index in [0.29, 0.717) is 11.8 Å². The second-order valence-corrected chi connectivity index (χ2v) is 9.88. The number of carbonyl (C=O) groups excluding carboxylic acids is 1. The third-order valence-corrected chi connectivity index (χ3v) is 6.26. The maximum absolute atomic E-state index is 14.2. The van der Waals surface area contributed by atoms with Crippen molar-refractivity contribution >= 4 is 21.4 Å². The van der Waals surface area contributed by atoms with Crippen molar-refractivity contribution in [3.8, 4) is 5.69 Å². The number of rotatable bonds is 7. The number of aliphatic hydroxyl groups is 1. The lowest BCUT2D eigenvalue weighted by Crippen LogP contribution is -2.14. The fourth-order valence-electron chi connectivity index (χ4n) is 3.67. The van der Waals surface area contributed by atoms with Crippen molar-refractivity contribution in [1.82, 2.24) is 4.57 Å². The molecule has 11 heteroatoms. The van der Waals surface area contributed by atoms with E-state index in [1.807, 2.05) is 0 Å². The molecule has 3 rings (SSSR count). The maximum Gasteiger partial charge on any atom is 0.265 e. The molecule has 0 saturated carbocycles. The number of carbonyl (C=O) groups is 1. The standard InChI is InChI=1S/C23H22F4N2O4S/c1-12(30)8-16-11-17(13(2)29(16)20-6-4-14(24)9-18(20)22(26)27)23(31)28-15-5-7-21(19(25)10-15)34(3,32)33/h4-7,9-12,22,30H,8H2,1-3H3,(H,28,31)/t12-/m0/s1. The van der Waals surface area contributed by atoms with Gasteiger partial charge in [-0.15, -0.1) is 0 Å². The number of sulfone groups is 1. The Morgan fingerprint density at radius 3 is 2.35 bits per heavy atom. The van der Waals surface area contributed by atoms with E-state index < -0.39 is 50.4 Å². The number of halogens is 4. The molecular formula is C23H22F4N2O4S. The van der Waals surface area contributed by atoms with Crippen LogP contribution in [0.3, 0.4) is 0 Å². The highest BCUT2D eigenvalue weighted by Crippen LogP contribution is 2.31. The van der Waals surface area contributed by atoms with Crippen molar-refractivity contribution in [2.45, 2.75) is 37.7 Å². The molecule has 0 saturated heterocycles. The lowest BCUT2D eigenvalue weighted by Gasteiger charge is -2.17. The first-order valence-electron chi connectivity index (χ1n) is 10.1. The molecule has 182 valence electrons. The zero-order valence-corrected chi connectivity index (χ0v) is 19.3. The van der Waals surface area contributed by atoms with Crippen molar-refractivity contribution in [2.75, 3.05) is 11.6 Å². The van der Waals surface area contributed by atoms with Crippen LogP contribution in [0.1, 0.15) is 40.7 Å².